The third kappa shape index (κ3) is 7.13. The summed E-state index contributed by atoms with van der Waals surface area (Å²) in [6, 6.07) is 86.1. The Morgan fingerprint density at radius 3 is 0.971 bits per heavy atom. The van der Waals surface area contributed by atoms with Crippen molar-refractivity contribution in [3.05, 3.63) is 243 Å². The second-order valence-electron chi connectivity index (χ2n) is 16.8. The van der Waals surface area contributed by atoms with E-state index in [0.29, 0.717) is 0 Å². The van der Waals surface area contributed by atoms with E-state index in [-0.39, 0.29) is 0 Å². The van der Waals surface area contributed by atoms with Crippen molar-refractivity contribution in [3.8, 4) is 0 Å². The highest BCUT2D eigenvalue weighted by Crippen LogP contribution is 2.49. The van der Waals surface area contributed by atoms with E-state index in [1.165, 1.54) is 19.6 Å². The summed E-state index contributed by atoms with van der Waals surface area (Å²) < 4.78 is 13.8. The van der Waals surface area contributed by atoms with Crippen molar-refractivity contribution in [2.45, 2.75) is 19.6 Å². The zero-order valence-corrected chi connectivity index (χ0v) is 38.3. The van der Waals surface area contributed by atoms with E-state index in [2.05, 4.69) is 252 Å². The number of anilines is 6. The lowest BCUT2D eigenvalue weighted by molar-refractivity contribution is 0.656. The van der Waals surface area contributed by atoms with Crippen molar-refractivity contribution in [2.75, 3.05) is 9.80 Å². The number of hydrogen-bond donors (Lipinski definition) is 0. The van der Waals surface area contributed by atoms with Crippen molar-refractivity contribution in [2.24, 2.45) is 0 Å². The molecule has 0 amide bonds. The number of para-hydroxylation sites is 2. The Morgan fingerprint density at radius 2 is 0.574 bits per heavy atom. The molecule has 0 N–H and O–H groups in total. The SMILES string of the molecule is c1ccc(Sc2ccc(N(c3ccccc3)c3cc4oc5cc6oc7cc(N(c8ccccc8)c8ccc(Sc9ccccc9)cc8)c8ccccc8c7c6cc5c4c4ccccc34)cc2)cc1. The lowest BCUT2D eigenvalue weighted by Crippen LogP contribution is -2.10. The highest BCUT2D eigenvalue weighted by molar-refractivity contribution is 7.99. The standard InChI is InChI=1S/C62H40N2O2S2/c1-5-17-41(18-6-1)63(43-29-33-47(34-30-43)67-45-21-9-3-10-22-45)55-38-59-61(51-27-15-13-25-49(51)55)53-37-54-58(40-57(53)65-59)66-60-39-56(50-26-14-16-28-52(50)62(54)60)64(42-19-7-2-8-20-42)44-31-35-48(36-32-44)68-46-23-11-4-12-24-46/h1-40H. The minimum absolute atomic E-state index is 0.784. The average Bonchev–Trinajstić information content (AvgIpc) is 3.95. The number of nitrogens with zero attached hydrogens (tertiary/aromatic N) is 2. The van der Waals surface area contributed by atoms with Crippen molar-refractivity contribution >= 4 is 123 Å². The lowest BCUT2D eigenvalue weighted by Gasteiger charge is -2.27. The van der Waals surface area contributed by atoms with Crippen LogP contribution >= 0.6 is 23.5 Å². The third-order valence-corrected chi connectivity index (χ3v) is 14.7. The molecule has 6 heteroatoms. The molecule has 0 spiro atoms. The van der Waals surface area contributed by atoms with Crippen molar-refractivity contribution < 1.29 is 8.83 Å². The van der Waals surface area contributed by atoms with Gasteiger partial charge in [0.2, 0.25) is 0 Å². The van der Waals surface area contributed by atoms with Gasteiger partial charge in [-0.3, -0.25) is 0 Å². The molecule has 0 atom stereocenters. The van der Waals surface area contributed by atoms with Crippen LogP contribution in [0.15, 0.2) is 271 Å². The summed E-state index contributed by atoms with van der Waals surface area (Å²) in [4.78, 5) is 9.47. The van der Waals surface area contributed by atoms with Gasteiger partial charge in [-0.2, -0.15) is 0 Å². The largest absolute Gasteiger partial charge is 0.456 e. The van der Waals surface area contributed by atoms with E-state index in [1.807, 2.05) is 0 Å². The topological polar surface area (TPSA) is 32.8 Å². The number of hydrogen-bond acceptors (Lipinski definition) is 6. The van der Waals surface area contributed by atoms with Gasteiger partial charge in [0.15, 0.2) is 0 Å². The Bertz CT molecular complexity index is 3690. The maximum absolute atomic E-state index is 6.92. The quantitative estimate of drug-likeness (QED) is 0.136. The first-order chi connectivity index (χ1) is 33.7. The fourth-order valence-corrected chi connectivity index (χ4v) is 11.4. The maximum Gasteiger partial charge on any atom is 0.139 e. The first-order valence-electron chi connectivity index (χ1n) is 22.7. The highest BCUT2D eigenvalue weighted by atomic mass is 32.2. The number of fused-ring (bicyclic) bond motifs is 10. The minimum atomic E-state index is 0.784. The molecular formula is C62H40N2O2S2. The molecule has 0 radical (unpaired) electrons. The van der Waals surface area contributed by atoms with Gasteiger partial charge in [0.1, 0.15) is 22.3 Å². The average molecular weight is 909 g/mol. The molecule has 4 nitrogen and oxygen atoms in total. The van der Waals surface area contributed by atoms with Gasteiger partial charge in [-0.15, -0.1) is 0 Å². The van der Waals surface area contributed by atoms with Gasteiger partial charge in [0.25, 0.3) is 0 Å². The highest BCUT2D eigenvalue weighted by Gasteiger charge is 2.24. The van der Waals surface area contributed by atoms with Gasteiger partial charge in [-0.05, 0) is 114 Å². The summed E-state index contributed by atoms with van der Waals surface area (Å²) in [6.45, 7) is 0. The van der Waals surface area contributed by atoms with Crippen LogP contribution in [0.5, 0.6) is 0 Å². The van der Waals surface area contributed by atoms with Crippen molar-refractivity contribution in [3.63, 3.8) is 0 Å². The molecule has 2 heterocycles. The molecule has 0 fully saturated rings. The second kappa shape index (κ2) is 16.9. The number of rotatable bonds is 10. The van der Waals surface area contributed by atoms with Gasteiger partial charge >= 0.3 is 0 Å². The summed E-state index contributed by atoms with van der Waals surface area (Å²) in [5.74, 6) is 0. The van der Waals surface area contributed by atoms with Crippen LogP contribution in [0.2, 0.25) is 0 Å². The fraction of sp³-hybridized carbons (Fsp3) is 0. The van der Waals surface area contributed by atoms with Crippen LogP contribution in [0.3, 0.4) is 0 Å². The second-order valence-corrected chi connectivity index (χ2v) is 19.1. The summed E-state index contributed by atoms with van der Waals surface area (Å²) >= 11 is 3.53. The lowest BCUT2D eigenvalue weighted by atomic mass is 9.98. The molecular weight excluding hydrogens is 869 g/mol. The number of benzene rings is 11. The monoisotopic (exact) mass is 908 g/mol. The van der Waals surface area contributed by atoms with Crippen molar-refractivity contribution in [1.29, 1.82) is 0 Å². The van der Waals surface area contributed by atoms with Crippen LogP contribution in [0.1, 0.15) is 0 Å². The first-order valence-corrected chi connectivity index (χ1v) is 24.4. The summed E-state index contributed by atoms with van der Waals surface area (Å²) in [5.41, 5.74) is 9.56. The van der Waals surface area contributed by atoms with Gasteiger partial charge in [-0.25, -0.2) is 0 Å². The predicted octanol–water partition coefficient (Wildman–Crippen LogP) is 19.0. The Hall–Kier alpha value is -8.16. The molecule has 0 saturated carbocycles. The molecule has 68 heavy (non-hydrogen) atoms. The Labute approximate surface area is 401 Å². The molecule has 0 bridgehead atoms. The summed E-state index contributed by atoms with van der Waals surface area (Å²) in [5, 5.41) is 8.80. The molecule has 0 aliphatic heterocycles. The van der Waals surface area contributed by atoms with Gasteiger partial charge in [0, 0.05) is 92.8 Å². The van der Waals surface area contributed by atoms with E-state index < -0.39 is 0 Å². The number of furan rings is 2. The van der Waals surface area contributed by atoms with Crippen LogP contribution in [0.25, 0.3) is 65.4 Å². The van der Waals surface area contributed by atoms with Gasteiger partial charge in [-0.1, -0.05) is 145 Å². The molecule has 322 valence electrons. The predicted molar refractivity (Wildman–Crippen MR) is 287 cm³/mol. The van der Waals surface area contributed by atoms with Crippen molar-refractivity contribution in [1.82, 2.24) is 0 Å². The normalized spacial score (nSPS) is 11.6. The Balaban J connectivity index is 0.958. The molecule has 0 aliphatic rings. The van der Waals surface area contributed by atoms with Crippen LogP contribution in [0, 0.1) is 0 Å². The molecule has 0 unspecified atom stereocenters. The molecule has 0 aliphatic carbocycles. The van der Waals surface area contributed by atoms with Gasteiger partial charge in [0.05, 0.1) is 11.4 Å². The van der Waals surface area contributed by atoms with E-state index in [4.69, 9.17) is 8.83 Å². The molecule has 2 aromatic heterocycles. The van der Waals surface area contributed by atoms with Gasteiger partial charge < -0.3 is 18.6 Å². The third-order valence-electron chi connectivity index (χ3n) is 12.7. The van der Waals surface area contributed by atoms with Crippen LogP contribution in [0.4, 0.5) is 34.1 Å². The van der Waals surface area contributed by atoms with E-state index in [0.717, 1.165) is 99.5 Å². The smallest absolute Gasteiger partial charge is 0.139 e. The van der Waals surface area contributed by atoms with E-state index in [1.54, 1.807) is 23.5 Å². The summed E-state index contributed by atoms with van der Waals surface area (Å²) in [6.07, 6.45) is 0. The van der Waals surface area contributed by atoms with Crippen LogP contribution < -0.4 is 9.80 Å². The minimum Gasteiger partial charge on any atom is -0.456 e. The fourth-order valence-electron chi connectivity index (χ4n) is 9.69. The first kappa shape index (κ1) is 40.1. The van der Waals surface area contributed by atoms with E-state index >= 15 is 0 Å². The maximum atomic E-state index is 6.92. The molecule has 11 aromatic carbocycles. The van der Waals surface area contributed by atoms with Crippen LogP contribution in [-0.4, -0.2) is 0 Å². The Morgan fingerprint density at radius 1 is 0.250 bits per heavy atom. The molecule has 13 aromatic rings. The Kier molecular flexibility index (Phi) is 9.99. The van der Waals surface area contributed by atoms with E-state index in [9.17, 15) is 0 Å². The van der Waals surface area contributed by atoms with Crippen LogP contribution in [-0.2, 0) is 0 Å². The molecule has 13 rings (SSSR count). The summed E-state index contributed by atoms with van der Waals surface area (Å²) in [7, 11) is 0. The zero-order chi connectivity index (χ0) is 45.0. The molecule has 0 saturated heterocycles. The zero-order valence-electron chi connectivity index (χ0n) is 36.6.